The Kier molecular flexibility index (Phi) is 7.46. The van der Waals surface area contributed by atoms with E-state index >= 15 is 0 Å². The number of likely N-dealkylation sites (tertiary alicyclic amines) is 1. The number of piperidine rings is 1. The van der Waals surface area contributed by atoms with E-state index in [1.165, 1.54) is 12.1 Å². The summed E-state index contributed by atoms with van der Waals surface area (Å²) in [5, 5.41) is 4.78. The van der Waals surface area contributed by atoms with Crippen LogP contribution in [0.1, 0.15) is 62.3 Å². The molecule has 3 rings (SSSR count). The smallest absolute Gasteiger partial charge is 0.310 e. The summed E-state index contributed by atoms with van der Waals surface area (Å²) in [6, 6.07) is 6.14. The van der Waals surface area contributed by atoms with Gasteiger partial charge < -0.3 is 9.64 Å². The van der Waals surface area contributed by atoms with Gasteiger partial charge in [-0.2, -0.15) is 5.10 Å². The number of nitrogens with zero attached hydrogens (tertiary/aromatic N) is 3. The molecule has 0 spiro atoms. The van der Waals surface area contributed by atoms with Gasteiger partial charge in [0.2, 0.25) is 0 Å². The Bertz CT molecular complexity index is 921. The number of halogens is 1. The highest BCUT2D eigenvalue weighted by atomic mass is 19.1. The highest BCUT2D eigenvalue weighted by Crippen LogP contribution is 2.27. The molecule has 0 unspecified atom stereocenters. The van der Waals surface area contributed by atoms with Crippen molar-refractivity contribution in [3.63, 3.8) is 0 Å². The first-order chi connectivity index (χ1) is 14.8. The van der Waals surface area contributed by atoms with Crippen LogP contribution in [-0.4, -0.2) is 46.3 Å². The van der Waals surface area contributed by atoms with Crippen LogP contribution in [0.2, 0.25) is 0 Å². The molecule has 1 aliphatic rings. The molecule has 0 N–H and O–H groups in total. The summed E-state index contributed by atoms with van der Waals surface area (Å²) in [6.45, 7) is 9.28. The molecule has 1 fully saturated rings. The van der Waals surface area contributed by atoms with Crippen molar-refractivity contribution < 1.29 is 18.7 Å². The third-order valence-corrected chi connectivity index (χ3v) is 5.60. The fourth-order valence-corrected chi connectivity index (χ4v) is 4.17. The van der Waals surface area contributed by atoms with Crippen LogP contribution < -0.4 is 0 Å². The maximum absolute atomic E-state index is 13.7. The summed E-state index contributed by atoms with van der Waals surface area (Å²) < 4.78 is 20.4. The molecule has 168 valence electrons. The normalized spacial score (nSPS) is 16.6. The molecule has 1 aliphatic heterocycles. The van der Waals surface area contributed by atoms with Crippen molar-refractivity contribution in [3.8, 4) is 5.69 Å². The van der Waals surface area contributed by atoms with Gasteiger partial charge in [0.05, 0.1) is 35.2 Å². The quantitative estimate of drug-likeness (QED) is 0.619. The standard InChI is InChI=1S/C24H32FN3O3/c1-5-21-22(23(29)27-13-7-8-17(15-27)24(30)31-6-2)20(14-16(3)4)26-28(21)19-11-9-18(25)10-12-19/h9-12,16-17H,5-8,13-15H2,1-4H3/t17-/m1/s1. The number of hydrogen-bond donors (Lipinski definition) is 0. The SMILES string of the molecule is CCOC(=O)[C@@H]1CCCN(C(=O)c2c(CC(C)C)nn(-c3ccc(F)cc3)c2CC)C1. The van der Waals surface area contributed by atoms with E-state index in [-0.39, 0.29) is 23.6 Å². The predicted molar refractivity (Wildman–Crippen MR) is 117 cm³/mol. The first-order valence-corrected chi connectivity index (χ1v) is 11.2. The first-order valence-electron chi connectivity index (χ1n) is 11.2. The van der Waals surface area contributed by atoms with Crippen molar-refractivity contribution >= 4 is 11.9 Å². The number of carbonyl (C=O) groups is 2. The van der Waals surface area contributed by atoms with Crippen LogP contribution >= 0.6 is 0 Å². The minimum Gasteiger partial charge on any atom is -0.466 e. The van der Waals surface area contributed by atoms with E-state index in [0.29, 0.717) is 44.0 Å². The van der Waals surface area contributed by atoms with Gasteiger partial charge in [0.1, 0.15) is 5.82 Å². The minimum atomic E-state index is -0.314. The van der Waals surface area contributed by atoms with Gasteiger partial charge >= 0.3 is 5.97 Å². The number of esters is 1. The van der Waals surface area contributed by atoms with Gasteiger partial charge in [-0.3, -0.25) is 9.59 Å². The predicted octanol–water partition coefficient (Wildman–Crippen LogP) is 4.19. The van der Waals surface area contributed by atoms with E-state index in [1.807, 2.05) is 6.92 Å². The number of hydrogen-bond acceptors (Lipinski definition) is 4. The summed E-state index contributed by atoms with van der Waals surface area (Å²) in [7, 11) is 0. The van der Waals surface area contributed by atoms with E-state index < -0.39 is 0 Å². The molecule has 1 atom stereocenters. The van der Waals surface area contributed by atoms with Crippen LogP contribution in [0.4, 0.5) is 4.39 Å². The zero-order valence-electron chi connectivity index (χ0n) is 18.9. The zero-order chi connectivity index (χ0) is 22.5. The Morgan fingerprint density at radius 1 is 1.23 bits per heavy atom. The highest BCUT2D eigenvalue weighted by molar-refractivity contribution is 5.97. The van der Waals surface area contributed by atoms with Crippen molar-refractivity contribution in [3.05, 3.63) is 47.0 Å². The topological polar surface area (TPSA) is 64.4 Å². The van der Waals surface area contributed by atoms with Crippen LogP contribution in [0.15, 0.2) is 24.3 Å². The molecule has 2 heterocycles. The van der Waals surface area contributed by atoms with Crippen LogP contribution in [-0.2, 0) is 22.4 Å². The van der Waals surface area contributed by atoms with Crippen molar-refractivity contribution in [2.45, 2.75) is 53.4 Å². The molecule has 2 aromatic rings. The lowest BCUT2D eigenvalue weighted by Gasteiger charge is -2.31. The number of carbonyl (C=O) groups excluding carboxylic acids is 2. The third kappa shape index (κ3) is 5.14. The lowest BCUT2D eigenvalue weighted by atomic mass is 9.96. The van der Waals surface area contributed by atoms with E-state index in [0.717, 1.165) is 29.9 Å². The highest BCUT2D eigenvalue weighted by Gasteiger charge is 2.33. The Balaban J connectivity index is 1.98. The van der Waals surface area contributed by atoms with E-state index in [9.17, 15) is 14.0 Å². The number of benzene rings is 1. The molecule has 1 aromatic heterocycles. The van der Waals surface area contributed by atoms with Crippen LogP contribution in [0, 0.1) is 17.7 Å². The largest absolute Gasteiger partial charge is 0.466 e. The number of aromatic nitrogens is 2. The average Bonchev–Trinajstić information content (AvgIpc) is 3.11. The Hall–Kier alpha value is -2.70. The van der Waals surface area contributed by atoms with Crippen molar-refractivity contribution in [2.75, 3.05) is 19.7 Å². The molecule has 0 saturated carbocycles. The maximum atomic E-state index is 13.7. The summed E-state index contributed by atoms with van der Waals surface area (Å²) in [4.78, 5) is 27.7. The second-order valence-corrected chi connectivity index (χ2v) is 8.45. The average molecular weight is 430 g/mol. The third-order valence-electron chi connectivity index (χ3n) is 5.60. The van der Waals surface area contributed by atoms with Crippen molar-refractivity contribution in [2.24, 2.45) is 11.8 Å². The first kappa shape index (κ1) is 23.0. The Morgan fingerprint density at radius 3 is 2.55 bits per heavy atom. The lowest BCUT2D eigenvalue weighted by Crippen LogP contribution is -2.43. The van der Waals surface area contributed by atoms with E-state index in [2.05, 4.69) is 13.8 Å². The summed E-state index contributed by atoms with van der Waals surface area (Å²) in [5.41, 5.74) is 2.90. The molecule has 0 bridgehead atoms. The van der Waals surface area contributed by atoms with Gasteiger partial charge in [-0.25, -0.2) is 9.07 Å². The van der Waals surface area contributed by atoms with Gasteiger partial charge in [-0.1, -0.05) is 20.8 Å². The number of rotatable bonds is 7. The van der Waals surface area contributed by atoms with Crippen molar-refractivity contribution in [1.82, 2.24) is 14.7 Å². The molecular formula is C24H32FN3O3. The number of amides is 1. The summed E-state index contributed by atoms with van der Waals surface area (Å²) in [6.07, 6.45) is 2.77. The molecular weight excluding hydrogens is 397 g/mol. The zero-order valence-corrected chi connectivity index (χ0v) is 18.9. The second kappa shape index (κ2) is 10.1. The van der Waals surface area contributed by atoms with Gasteiger partial charge in [-0.15, -0.1) is 0 Å². The molecule has 6 nitrogen and oxygen atoms in total. The Morgan fingerprint density at radius 2 is 1.94 bits per heavy atom. The minimum absolute atomic E-state index is 0.0881. The van der Waals surface area contributed by atoms with Crippen LogP contribution in [0.3, 0.4) is 0 Å². The second-order valence-electron chi connectivity index (χ2n) is 8.45. The van der Waals surface area contributed by atoms with Crippen molar-refractivity contribution in [1.29, 1.82) is 0 Å². The summed E-state index contributed by atoms with van der Waals surface area (Å²) in [5.74, 6) is -0.606. The number of ether oxygens (including phenoxy) is 1. The molecule has 1 aromatic carbocycles. The molecule has 0 aliphatic carbocycles. The molecule has 1 saturated heterocycles. The summed E-state index contributed by atoms with van der Waals surface area (Å²) >= 11 is 0. The molecule has 1 amide bonds. The Labute approximate surface area is 183 Å². The van der Waals surface area contributed by atoms with E-state index in [4.69, 9.17) is 9.84 Å². The van der Waals surface area contributed by atoms with Gasteiger partial charge in [-0.05, 0) is 62.8 Å². The molecule has 31 heavy (non-hydrogen) atoms. The van der Waals surface area contributed by atoms with E-state index in [1.54, 1.807) is 28.6 Å². The van der Waals surface area contributed by atoms with Crippen LogP contribution in [0.5, 0.6) is 0 Å². The maximum Gasteiger partial charge on any atom is 0.310 e. The molecule has 0 radical (unpaired) electrons. The van der Waals surface area contributed by atoms with Gasteiger partial charge in [0, 0.05) is 13.1 Å². The van der Waals surface area contributed by atoms with Crippen LogP contribution in [0.25, 0.3) is 5.69 Å². The lowest BCUT2D eigenvalue weighted by molar-refractivity contribution is -0.149. The fourth-order valence-electron chi connectivity index (χ4n) is 4.17. The molecule has 7 heteroatoms. The van der Waals surface area contributed by atoms with Gasteiger partial charge in [0.15, 0.2) is 0 Å². The fraction of sp³-hybridized carbons (Fsp3) is 0.542. The van der Waals surface area contributed by atoms with Gasteiger partial charge in [0.25, 0.3) is 5.91 Å². The monoisotopic (exact) mass is 429 g/mol.